The van der Waals surface area contributed by atoms with E-state index >= 15 is 0 Å². The highest BCUT2D eigenvalue weighted by Gasteiger charge is 2.00. The van der Waals surface area contributed by atoms with Crippen LogP contribution in [0.1, 0.15) is 5.56 Å². The van der Waals surface area contributed by atoms with Gasteiger partial charge in [0.2, 0.25) is 0 Å². The molecule has 90 valence electrons. The molecule has 0 aliphatic heterocycles. The summed E-state index contributed by atoms with van der Waals surface area (Å²) in [7, 11) is 0. The van der Waals surface area contributed by atoms with Crippen molar-refractivity contribution in [1.82, 2.24) is 4.98 Å². The Bertz CT molecular complexity index is 534. The molecule has 0 aliphatic rings. The number of nitriles is 1. The van der Waals surface area contributed by atoms with Crippen LogP contribution in [0.25, 0.3) is 0 Å². The van der Waals surface area contributed by atoms with E-state index in [9.17, 15) is 0 Å². The molecule has 2 aromatic rings. The summed E-state index contributed by atoms with van der Waals surface area (Å²) in [6.07, 6.45) is 3.31. The number of nitrogens with zero attached hydrogens (tertiary/aromatic N) is 2. The molecule has 0 atom stereocenters. The van der Waals surface area contributed by atoms with E-state index < -0.39 is 0 Å². The SMILES string of the molecule is N#Cc1ccncc1NCCSc1ccccc1. The monoisotopic (exact) mass is 255 g/mol. The predicted molar refractivity (Wildman–Crippen MR) is 74.6 cm³/mol. The summed E-state index contributed by atoms with van der Waals surface area (Å²) < 4.78 is 0. The van der Waals surface area contributed by atoms with E-state index in [0.717, 1.165) is 18.0 Å². The second-order valence-corrected chi connectivity index (χ2v) is 4.79. The quantitative estimate of drug-likeness (QED) is 0.658. The van der Waals surface area contributed by atoms with Gasteiger partial charge in [-0.15, -0.1) is 11.8 Å². The lowest BCUT2D eigenvalue weighted by Crippen LogP contribution is -2.05. The minimum atomic E-state index is 0.634. The van der Waals surface area contributed by atoms with Gasteiger partial charge in [0.15, 0.2) is 0 Å². The van der Waals surface area contributed by atoms with Gasteiger partial charge >= 0.3 is 0 Å². The standard InChI is InChI=1S/C14H13N3S/c15-10-12-6-7-16-11-14(12)17-8-9-18-13-4-2-1-3-5-13/h1-7,11,17H,8-9H2. The lowest BCUT2D eigenvalue weighted by Gasteiger charge is -2.07. The highest BCUT2D eigenvalue weighted by molar-refractivity contribution is 7.99. The molecule has 0 radical (unpaired) electrons. The van der Waals surface area contributed by atoms with Crippen LogP contribution in [0.2, 0.25) is 0 Å². The topological polar surface area (TPSA) is 48.7 Å². The van der Waals surface area contributed by atoms with Crippen molar-refractivity contribution in [3.05, 3.63) is 54.4 Å². The van der Waals surface area contributed by atoms with Crippen molar-refractivity contribution in [1.29, 1.82) is 5.26 Å². The molecule has 18 heavy (non-hydrogen) atoms. The first-order chi connectivity index (χ1) is 8.90. The zero-order valence-corrected chi connectivity index (χ0v) is 10.7. The Morgan fingerprint density at radius 3 is 2.83 bits per heavy atom. The molecular weight excluding hydrogens is 242 g/mol. The predicted octanol–water partition coefficient (Wildman–Crippen LogP) is 3.16. The average Bonchev–Trinajstić information content (AvgIpc) is 2.45. The third-order valence-electron chi connectivity index (χ3n) is 2.37. The van der Waals surface area contributed by atoms with Gasteiger partial charge in [-0.1, -0.05) is 18.2 Å². The maximum Gasteiger partial charge on any atom is 0.101 e. The molecule has 0 saturated carbocycles. The highest BCUT2D eigenvalue weighted by atomic mass is 32.2. The molecule has 0 amide bonds. The zero-order chi connectivity index (χ0) is 12.6. The van der Waals surface area contributed by atoms with Crippen LogP contribution in [0.4, 0.5) is 5.69 Å². The number of benzene rings is 1. The fourth-order valence-corrected chi connectivity index (χ4v) is 2.29. The van der Waals surface area contributed by atoms with Gasteiger partial charge in [-0.25, -0.2) is 0 Å². The Morgan fingerprint density at radius 2 is 2.06 bits per heavy atom. The van der Waals surface area contributed by atoms with Gasteiger partial charge in [-0.3, -0.25) is 4.98 Å². The number of thioether (sulfide) groups is 1. The average molecular weight is 255 g/mol. The molecule has 3 nitrogen and oxygen atoms in total. The largest absolute Gasteiger partial charge is 0.382 e. The van der Waals surface area contributed by atoms with Crippen LogP contribution < -0.4 is 5.32 Å². The number of aromatic nitrogens is 1. The van der Waals surface area contributed by atoms with Crippen molar-refractivity contribution in [3.63, 3.8) is 0 Å². The number of pyridine rings is 1. The Kier molecular flexibility index (Phi) is 4.62. The fourth-order valence-electron chi connectivity index (χ4n) is 1.50. The molecule has 0 fully saturated rings. The summed E-state index contributed by atoms with van der Waals surface area (Å²) in [6, 6.07) is 14.1. The molecule has 1 aromatic heterocycles. The van der Waals surface area contributed by atoms with Crippen molar-refractivity contribution in [2.24, 2.45) is 0 Å². The van der Waals surface area contributed by atoms with Gasteiger partial charge in [-0.2, -0.15) is 5.26 Å². The number of rotatable bonds is 5. The molecule has 0 aliphatic carbocycles. The molecule has 0 saturated heterocycles. The summed E-state index contributed by atoms with van der Waals surface area (Å²) >= 11 is 1.79. The van der Waals surface area contributed by atoms with Crippen LogP contribution in [0.5, 0.6) is 0 Å². The Labute approximate surface area is 111 Å². The van der Waals surface area contributed by atoms with Gasteiger partial charge in [0.1, 0.15) is 6.07 Å². The lowest BCUT2D eigenvalue weighted by molar-refractivity contribution is 1.19. The maximum atomic E-state index is 8.93. The molecular formula is C14H13N3S. The molecule has 1 heterocycles. The number of hydrogen-bond acceptors (Lipinski definition) is 4. The van der Waals surface area contributed by atoms with E-state index in [0.29, 0.717) is 5.56 Å². The second kappa shape index (κ2) is 6.67. The van der Waals surface area contributed by atoms with Crippen molar-refractivity contribution in [2.45, 2.75) is 4.90 Å². The third-order valence-corrected chi connectivity index (χ3v) is 3.38. The number of hydrogen-bond donors (Lipinski definition) is 1. The van der Waals surface area contributed by atoms with Crippen molar-refractivity contribution < 1.29 is 0 Å². The molecule has 4 heteroatoms. The fraction of sp³-hybridized carbons (Fsp3) is 0.143. The molecule has 0 spiro atoms. The van der Waals surface area contributed by atoms with E-state index in [2.05, 4.69) is 28.5 Å². The van der Waals surface area contributed by atoms with Crippen molar-refractivity contribution in [2.75, 3.05) is 17.6 Å². The van der Waals surface area contributed by atoms with Crippen LogP contribution in [0, 0.1) is 11.3 Å². The summed E-state index contributed by atoms with van der Waals surface area (Å²) in [5.41, 5.74) is 1.43. The lowest BCUT2D eigenvalue weighted by atomic mass is 10.2. The number of nitrogens with one attached hydrogen (secondary N) is 1. The van der Waals surface area contributed by atoms with Gasteiger partial charge in [-0.05, 0) is 18.2 Å². The summed E-state index contributed by atoms with van der Waals surface area (Å²) in [4.78, 5) is 5.27. The smallest absolute Gasteiger partial charge is 0.101 e. The molecule has 1 N–H and O–H groups in total. The first kappa shape index (κ1) is 12.5. The van der Waals surface area contributed by atoms with Crippen LogP contribution in [-0.2, 0) is 0 Å². The Hall–Kier alpha value is -1.99. The first-order valence-corrected chi connectivity index (χ1v) is 6.64. The molecule has 1 aromatic carbocycles. The first-order valence-electron chi connectivity index (χ1n) is 5.66. The van der Waals surface area contributed by atoms with E-state index in [4.69, 9.17) is 5.26 Å². The van der Waals surface area contributed by atoms with Gasteiger partial charge in [0.05, 0.1) is 17.4 Å². The van der Waals surface area contributed by atoms with E-state index in [-0.39, 0.29) is 0 Å². The van der Waals surface area contributed by atoms with Gasteiger partial charge in [0, 0.05) is 23.4 Å². The Morgan fingerprint density at radius 1 is 1.22 bits per heavy atom. The minimum Gasteiger partial charge on any atom is -0.382 e. The normalized spacial score (nSPS) is 9.72. The maximum absolute atomic E-state index is 8.93. The van der Waals surface area contributed by atoms with Gasteiger partial charge in [0.25, 0.3) is 0 Å². The number of anilines is 1. The van der Waals surface area contributed by atoms with E-state index in [1.54, 1.807) is 30.2 Å². The zero-order valence-electron chi connectivity index (χ0n) is 9.84. The highest BCUT2D eigenvalue weighted by Crippen LogP contribution is 2.17. The molecule has 0 bridgehead atoms. The summed E-state index contributed by atoms with van der Waals surface area (Å²) in [5, 5.41) is 12.2. The van der Waals surface area contributed by atoms with Crippen LogP contribution in [-0.4, -0.2) is 17.3 Å². The van der Waals surface area contributed by atoms with Crippen molar-refractivity contribution >= 4 is 17.4 Å². The van der Waals surface area contributed by atoms with E-state index in [1.165, 1.54) is 4.90 Å². The minimum absolute atomic E-state index is 0.634. The van der Waals surface area contributed by atoms with Crippen LogP contribution in [0.3, 0.4) is 0 Å². The second-order valence-electron chi connectivity index (χ2n) is 3.62. The molecule has 2 rings (SSSR count). The third kappa shape index (κ3) is 3.51. The summed E-state index contributed by atoms with van der Waals surface area (Å²) in [6.45, 7) is 0.805. The Balaban J connectivity index is 1.81. The molecule has 0 unspecified atom stereocenters. The van der Waals surface area contributed by atoms with Crippen LogP contribution >= 0.6 is 11.8 Å². The van der Waals surface area contributed by atoms with E-state index in [1.807, 2.05) is 18.2 Å². The van der Waals surface area contributed by atoms with Crippen LogP contribution in [0.15, 0.2) is 53.7 Å². The van der Waals surface area contributed by atoms with Gasteiger partial charge < -0.3 is 5.32 Å². The summed E-state index contributed by atoms with van der Waals surface area (Å²) in [5.74, 6) is 0.948. The van der Waals surface area contributed by atoms with Crippen molar-refractivity contribution in [3.8, 4) is 6.07 Å².